The summed E-state index contributed by atoms with van der Waals surface area (Å²) >= 11 is 0. The Bertz CT molecular complexity index is 3200. The highest BCUT2D eigenvalue weighted by Crippen LogP contribution is 2.51. The van der Waals surface area contributed by atoms with E-state index in [9.17, 15) is 0 Å². The van der Waals surface area contributed by atoms with Crippen LogP contribution in [0.5, 0.6) is 0 Å². The number of H-pyrrole nitrogens is 1. The quantitative estimate of drug-likeness (QED) is 0.193. The fourth-order valence-electron chi connectivity index (χ4n) is 7.81. The van der Waals surface area contributed by atoms with Crippen molar-refractivity contribution in [2.45, 2.75) is 0 Å². The smallest absolute Gasteiger partial charge is 0.143 e. The van der Waals surface area contributed by atoms with Crippen LogP contribution < -0.4 is 0 Å². The number of rotatable bonds is 5. The maximum Gasteiger partial charge on any atom is 0.143 e. The molecule has 0 radical (unpaired) electrons. The Morgan fingerprint density at radius 3 is 2.17 bits per heavy atom. The van der Waals surface area contributed by atoms with Crippen LogP contribution in [0.15, 0.2) is 169 Å². The number of aromatic amines is 1. The Kier molecular flexibility index (Phi) is 6.72. The summed E-state index contributed by atoms with van der Waals surface area (Å²) in [6.45, 7) is 0. The molecular formula is C47H28N6O. The van der Waals surface area contributed by atoms with Gasteiger partial charge in [0.05, 0.1) is 28.7 Å². The van der Waals surface area contributed by atoms with Gasteiger partial charge >= 0.3 is 0 Å². The van der Waals surface area contributed by atoms with E-state index in [0.717, 1.165) is 99.3 Å². The van der Waals surface area contributed by atoms with E-state index in [1.807, 2.05) is 61.0 Å². The van der Waals surface area contributed by atoms with Crippen LogP contribution in [0.25, 0.3) is 111 Å². The summed E-state index contributed by atoms with van der Waals surface area (Å²) in [7, 11) is 0. The van der Waals surface area contributed by atoms with Gasteiger partial charge in [-0.1, -0.05) is 97.1 Å². The van der Waals surface area contributed by atoms with Crippen LogP contribution in [0.4, 0.5) is 0 Å². The van der Waals surface area contributed by atoms with Crippen molar-refractivity contribution in [1.29, 1.82) is 0 Å². The topological polar surface area (TPSA) is 93.4 Å². The summed E-state index contributed by atoms with van der Waals surface area (Å²) in [5.41, 5.74) is 10.1. The van der Waals surface area contributed by atoms with E-state index in [0.29, 0.717) is 11.4 Å². The second-order valence-corrected chi connectivity index (χ2v) is 13.4. The molecule has 0 spiro atoms. The van der Waals surface area contributed by atoms with Crippen LogP contribution in [0.3, 0.4) is 0 Å². The summed E-state index contributed by atoms with van der Waals surface area (Å²) in [4.78, 5) is 18.6. The second-order valence-electron chi connectivity index (χ2n) is 13.4. The first kappa shape index (κ1) is 30.1. The number of hydrogen-bond donors (Lipinski definition) is 1. The molecule has 1 N–H and O–H groups in total. The lowest BCUT2D eigenvalue weighted by Gasteiger charge is -2.21. The molecule has 11 rings (SSSR count). The van der Waals surface area contributed by atoms with Crippen molar-refractivity contribution in [2.24, 2.45) is 0 Å². The first-order chi connectivity index (χ1) is 26.8. The number of nitrogens with zero attached hydrogens (tertiary/aromatic N) is 5. The normalized spacial score (nSPS) is 11.7. The molecule has 0 aliphatic carbocycles. The second kappa shape index (κ2) is 12.0. The average Bonchev–Trinajstić information content (AvgIpc) is 3.87. The fourth-order valence-corrected chi connectivity index (χ4v) is 7.81. The molecule has 0 saturated carbocycles. The van der Waals surface area contributed by atoms with Crippen molar-refractivity contribution in [3.63, 3.8) is 0 Å². The van der Waals surface area contributed by atoms with Crippen LogP contribution >= 0.6 is 0 Å². The van der Waals surface area contributed by atoms with E-state index in [-0.39, 0.29) is 0 Å². The zero-order valence-electron chi connectivity index (χ0n) is 28.7. The molecule has 6 aromatic heterocycles. The minimum absolute atomic E-state index is 0.639. The first-order valence-corrected chi connectivity index (χ1v) is 17.8. The Morgan fingerprint density at radius 1 is 0.500 bits per heavy atom. The predicted molar refractivity (Wildman–Crippen MR) is 217 cm³/mol. The number of hydrogen-bond acceptors (Lipinski definition) is 6. The first-order valence-electron chi connectivity index (χ1n) is 17.8. The van der Waals surface area contributed by atoms with E-state index >= 15 is 0 Å². The molecule has 7 heteroatoms. The molecule has 6 heterocycles. The third-order valence-electron chi connectivity index (χ3n) is 10.3. The number of nitrogens with one attached hydrogen (secondary N) is 1. The number of benzene rings is 5. The average molecular weight is 693 g/mol. The largest absolute Gasteiger partial charge is 0.463 e. The van der Waals surface area contributed by atoms with Crippen LogP contribution in [-0.4, -0.2) is 30.1 Å². The van der Waals surface area contributed by atoms with Crippen molar-refractivity contribution in [3.05, 3.63) is 164 Å². The van der Waals surface area contributed by atoms with E-state index in [4.69, 9.17) is 24.6 Å². The highest BCUT2D eigenvalue weighted by atomic mass is 16.3. The predicted octanol–water partition coefficient (Wildman–Crippen LogP) is 11.7. The Balaban J connectivity index is 1.40. The molecule has 0 aliphatic heterocycles. The van der Waals surface area contributed by atoms with Gasteiger partial charge in [-0.25, -0.2) is 4.98 Å². The molecule has 0 amide bonds. The summed E-state index contributed by atoms with van der Waals surface area (Å²) in [6.07, 6.45) is 5.50. The van der Waals surface area contributed by atoms with Gasteiger partial charge in [0.2, 0.25) is 0 Å². The standard InChI is InChI=1S/C47H28N6O/c1-2-12-29(13-3-1)44-35-26-34(40-25-30-14-6-9-18-36(30)50-40)42(47-33-17-8-5-15-31(33)27-54-47)43(45-32-16-7-4-11-28(32)22-24-49-45)41(35)46(53-52-44)39-21-20-37-38(51-39)19-10-23-48-37/h1-27,50H. The number of fused-ring (bicyclic) bond motifs is 5. The van der Waals surface area contributed by atoms with E-state index < -0.39 is 0 Å². The highest BCUT2D eigenvalue weighted by molar-refractivity contribution is 6.20. The van der Waals surface area contributed by atoms with Crippen LogP contribution in [0.2, 0.25) is 0 Å². The molecular weight excluding hydrogens is 665 g/mol. The molecule has 252 valence electrons. The van der Waals surface area contributed by atoms with Crippen molar-refractivity contribution >= 4 is 54.3 Å². The number of pyridine rings is 3. The molecule has 0 atom stereocenters. The SMILES string of the molecule is c1ccc(-c2nnc(-c3ccc4ncccc4n3)c3c(-c4nccc5ccccc45)c(-c4occ5ccccc45)c(-c4cc5ccccc5[nH]4)cc23)cc1. The monoisotopic (exact) mass is 692 g/mol. The van der Waals surface area contributed by atoms with Gasteiger partial charge in [0.25, 0.3) is 0 Å². The lowest BCUT2D eigenvalue weighted by molar-refractivity contribution is 0.587. The van der Waals surface area contributed by atoms with Crippen molar-refractivity contribution < 1.29 is 4.42 Å². The third kappa shape index (κ3) is 4.72. The Hall–Kier alpha value is -7.51. The zero-order valence-corrected chi connectivity index (χ0v) is 28.7. The van der Waals surface area contributed by atoms with Gasteiger partial charge in [-0.15, -0.1) is 10.2 Å². The number of aromatic nitrogens is 6. The molecule has 7 nitrogen and oxygen atoms in total. The van der Waals surface area contributed by atoms with Crippen molar-refractivity contribution in [2.75, 3.05) is 0 Å². The Morgan fingerprint density at radius 2 is 1.28 bits per heavy atom. The Labute approximate surface area is 308 Å². The van der Waals surface area contributed by atoms with E-state index in [1.165, 1.54) is 0 Å². The highest BCUT2D eigenvalue weighted by Gasteiger charge is 2.29. The minimum Gasteiger partial charge on any atom is -0.463 e. The van der Waals surface area contributed by atoms with Crippen molar-refractivity contribution in [1.82, 2.24) is 30.1 Å². The summed E-state index contributed by atoms with van der Waals surface area (Å²) < 4.78 is 6.68. The van der Waals surface area contributed by atoms with Gasteiger partial charge in [-0.2, -0.15) is 0 Å². The van der Waals surface area contributed by atoms with Gasteiger partial charge in [0.15, 0.2) is 0 Å². The molecule has 54 heavy (non-hydrogen) atoms. The molecule has 0 aliphatic rings. The minimum atomic E-state index is 0.639. The molecule has 0 bridgehead atoms. The lowest BCUT2D eigenvalue weighted by atomic mass is 9.85. The summed E-state index contributed by atoms with van der Waals surface area (Å²) in [6, 6.07) is 49.6. The van der Waals surface area contributed by atoms with Crippen molar-refractivity contribution in [3.8, 4) is 56.5 Å². The lowest BCUT2D eigenvalue weighted by Crippen LogP contribution is -2.02. The van der Waals surface area contributed by atoms with Crippen LogP contribution in [-0.2, 0) is 0 Å². The number of para-hydroxylation sites is 1. The van der Waals surface area contributed by atoms with Gasteiger partial charge in [0, 0.05) is 78.2 Å². The molecule has 5 aromatic carbocycles. The molecule has 0 saturated heterocycles. The van der Waals surface area contributed by atoms with E-state index in [2.05, 4.69) is 107 Å². The molecule has 11 aromatic rings. The molecule has 0 unspecified atom stereocenters. The van der Waals surface area contributed by atoms with Crippen LogP contribution in [0, 0.1) is 0 Å². The van der Waals surface area contributed by atoms with Crippen LogP contribution in [0.1, 0.15) is 0 Å². The van der Waals surface area contributed by atoms with E-state index in [1.54, 1.807) is 6.20 Å². The summed E-state index contributed by atoms with van der Waals surface area (Å²) in [5.74, 6) is 0.741. The number of furan rings is 1. The van der Waals surface area contributed by atoms with Gasteiger partial charge in [-0.3, -0.25) is 9.97 Å². The zero-order chi connectivity index (χ0) is 35.6. The third-order valence-corrected chi connectivity index (χ3v) is 10.3. The fraction of sp³-hybridized carbons (Fsp3) is 0. The summed E-state index contributed by atoms with van der Waals surface area (Å²) in [5, 5.41) is 17.0. The molecule has 0 fully saturated rings. The maximum atomic E-state index is 6.68. The van der Waals surface area contributed by atoms with Gasteiger partial charge < -0.3 is 9.40 Å². The van der Waals surface area contributed by atoms with Gasteiger partial charge in [0.1, 0.15) is 17.1 Å². The van der Waals surface area contributed by atoms with Gasteiger partial charge in [-0.05, 0) is 53.9 Å². The maximum absolute atomic E-state index is 6.68.